The van der Waals surface area contributed by atoms with Crippen molar-refractivity contribution in [2.45, 2.75) is 64.4 Å². The van der Waals surface area contributed by atoms with Crippen LogP contribution in [0.4, 0.5) is 5.69 Å². The Balaban J connectivity index is 2.05. The first-order valence-corrected chi connectivity index (χ1v) is 15.4. The molecule has 9 heteroatoms. The number of carbonyl (C=O) groups excluding carboxylic acids is 2. The van der Waals surface area contributed by atoms with Crippen molar-refractivity contribution in [2.75, 3.05) is 17.4 Å². The molecule has 0 aliphatic rings. The zero-order chi connectivity index (χ0) is 29.3. The van der Waals surface area contributed by atoms with Crippen LogP contribution in [0.2, 0.25) is 5.02 Å². The van der Waals surface area contributed by atoms with Crippen LogP contribution in [0.5, 0.6) is 0 Å². The van der Waals surface area contributed by atoms with Gasteiger partial charge in [-0.2, -0.15) is 0 Å². The summed E-state index contributed by atoms with van der Waals surface area (Å²) >= 11 is 6.46. The summed E-state index contributed by atoms with van der Waals surface area (Å²) in [6, 6.07) is 19.9. The van der Waals surface area contributed by atoms with Crippen molar-refractivity contribution >= 4 is 39.1 Å². The maximum absolute atomic E-state index is 14.1. The first-order valence-electron chi connectivity index (χ1n) is 13.5. The summed E-state index contributed by atoms with van der Waals surface area (Å²) in [4.78, 5) is 28.9. The number of aryl methyl sites for hydroxylation is 2. The predicted octanol–water partition coefficient (Wildman–Crippen LogP) is 5.88. The quantitative estimate of drug-likeness (QED) is 0.255. The van der Waals surface area contributed by atoms with Crippen molar-refractivity contribution in [1.29, 1.82) is 0 Å². The fraction of sp³-hybridized carbons (Fsp3) is 0.355. The number of benzene rings is 3. The molecule has 3 rings (SSSR count). The molecule has 3 aromatic rings. The summed E-state index contributed by atoms with van der Waals surface area (Å²) in [6.45, 7) is 7.84. The van der Waals surface area contributed by atoms with Gasteiger partial charge < -0.3 is 10.2 Å². The first kappa shape index (κ1) is 31.2. The van der Waals surface area contributed by atoms with Gasteiger partial charge in [-0.1, -0.05) is 91.5 Å². The van der Waals surface area contributed by atoms with Gasteiger partial charge in [-0.15, -0.1) is 0 Å². The zero-order valence-electron chi connectivity index (χ0n) is 23.6. The van der Waals surface area contributed by atoms with E-state index in [9.17, 15) is 18.0 Å². The van der Waals surface area contributed by atoms with E-state index in [-0.39, 0.29) is 28.1 Å². The molecule has 0 radical (unpaired) electrons. The summed E-state index contributed by atoms with van der Waals surface area (Å²) in [5, 5.41) is 3.13. The van der Waals surface area contributed by atoms with Gasteiger partial charge >= 0.3 is 0 Å². The molecular formula is C31H38ClN3O4S. The Morgan fingerprint density at radius 1 is 0.925 bits per heavy atom. The van der Waals surface area contributed by atoms with Gasteiger partial charge in [0.1, 0.15) is 12.6 Å². The SMILES string of the molecule is CCCCNC(=O)[C@@H](CC)N(Cc1cccc(C)c1)C(=O)CN(c1ccccc1Cl)S(=O)(=O)c1ccc(C)cc1. The topological polar surface area (TPSA) is 86.8 Å². The molecular weight excluding hydrogens is 546 g/mol. The molecule has 0 saturated heterocycles. The molecule has 1 atom stereocenters. The van der Waals surface area contributed by atoms with Crippen LogP contribution in [0.25, 0.3) is 0 Å². The number of rotatable bonds is 13. The van der Waals surface area contributed by atoms with E-state index in [1.165, 1.54) is 17.0 Å². The Bertz CT molecular complexity index is 1410. The number of amides is 2. The van der Waals surface area contributed by atoms with Crippen LogP contribution in [0.3, 0.4) is 0 Å². The van der Waals surface area contributed by atoms with Crippen LogP contribution in [0.15, 0.2) is 77.7 Å². The summed E-state index contributed by atoms with van der Waals surface area (Å²) in [5.41, 5.74) is 2.96. The Morgan fingerprint density at radius 2 is 1.62 bits per heavy atom. The van der Waals surface area contributed by atoms with E-state index in [0.717, 1.165) is 33.8 Å². The number of halogens is 1. The Kier molecular flexibility index (Phi) is 11.2. The lowest BCUT2D eigenvalue weighted by molar-refractivity contribution is -0.140. The minimum absolute atomic E-state index is 0.0420. The maximum atomic E-state index is 14.1. The lowest BCUT2D eigenvalue weighted by Crippen LogP contribution is -2.52. The minimum Gasteiger partial charge on any atom is -0.354 e. The molecule has 1 N–H and O–H groups in total. The Morgan fingerprint density at radius 3 is 2.25 bits per heavy atom. The largest absolute Gasteiger partial charge is 0.354 e. The highest BCUT2D eigenvalue weighted by Gasteiger charge is 2.34. The Hall–Kier alpha value is -3.36. The molecule has 3 aromatic carbocycles. The fourth-order valence-corrected chi connectivity index (χ4v) is 6.16. The molecule has 0 bridgehead atoms. The van der Waals surface area contributed by atoms with Crippen LogP contribution in [0.1, 0.15) is 49.8 Å². The number of nitrogens with one attached hydrogen (secondary N) is 1. The highest BCUT2D eigenvalue weighted by molar-refractivity contribution is 7.92. The third kappa shape index (κ3) is 7.86. The fourth-order valence-electron chi connectivity index (χ4n) is 4.44. The van der Waals surface area contributed by atoms with Gasteiger partial charge in [-0.05, 0) is 56.5 Å². The lowest BCUT2D eigenvalue weighted by atomic mass is 10.1. The summed E-state index contributed by atoms with van der Waals surface area (Å²) in [6.07, 6.45) is 2.11. The summed E-state index contributed by atoms with van der Waals surface area (Å²) in [5.74, 6) is -0.766. The van der Waals surface area contributed by atoms with Crippen LogP contribution >= 0.6 is 11.6 Å². The second-order valence-corrected chi connectivity index (χ2v) is 12.1. The van der Waals surface area contributed by atoms with Gasteiger partial charge in [-0.3, -0.25) is 13.9 Å². The van der Waals surface area contributed by atoms with Gasteiger partial charge in [0.05, 0.1) is 15.6 Å². The third-order valence-electron chi connectivity index (χ3n) is 6.66. The lowest BCUT2D eigenvalue weighted by Gasteiger charge is -2.33. The normalized spacial score (nSPS) is 12.0. The van der Waals surface area contributed by atoms with E-state index in [1.807, 2.05) is 52.0 Å². The van der Waals surface area contributed by atoms with E-state index in [4.69, 9.17) is 11.6 Å². The molecule has 0 aromatic heterocycles. The minimum atomic E-state index is -4.17. The summed E-state index contributed by atoms with van der Waals surface area (Å²) in [7, 11) is -4.17. The molecule has 0 aliphatic carbocycles. The van der Waals surface area contributed by atoms with E-state index in [0.29, 0.717) is 13.0 Å². The molecule has 0 aliphatic heterocycles. The van der Waals surface area contributed by atoms with E-state index in [1.54, 1.807) is 36.4 Å². The number of para-hydroxylation sites is 1. The average Bonchev–Trinajstić information content (AvgIpc) is 2.92. The molecule has 7 nitrogen and oxygen atoms in total. The third-order valence-corrected chi connectivity index (χ3v) is 8.75. The molecule has 214 valence electrons. The standard InChI is InChI=1S/C31H38ClN3O4S/c1-5-7-19-33-31(37)28(6-2)34(21-25-12-10-11-24(4)20-25)30(36)22-35(29-14-9-8-13-27(29)32)40(38,39)26-17-15-23(3)16-18-26/h8-18,20,28H,5-7,19,21-22H2,1-4H3,(H,33,37)/t28-/m1/s1. The van der Waals surface area contributed by atoms with Crippen LogP contribution < -0.4 is 9.62 Å². The molecule has 40 heavy (non-hydrogen) atoms. The zero-order valence-corrected chi connectivity index (χ0v) is 25.1. The number of sulfonamides is 1. The average molecular weight is 584 g/mol. The first-order chi connectivity index (χ1) is 19.1. The van der Waals surface area contributed by atoms with E-state index >= 15 is 0 Å². The highest BCUT2D eigenvalue weighted by Crippen LogP contribution is 2.31. The number of hydrogen-bond donors (Lipinski definition) is 1. The van der Waals surface area contributed by atoms with E-state index in [2.05, 4.69) is 5.32 Å². The van der Waals surface area contributed by atoms with Crippen LogP contribution in [-0.4, -0.2) is 44.3 Å². The van der Waals surface area contributed by atoms with Gasteiger partial charge in [0.2, 0.25) is 11.8 Å². The van der Waals surface area contributed by atoms with Gasteiger partial charge in [-0.25, -0.2) is 8.42 Å². The van der Waals surface area contributed by atoms with Gasteiger partial charge in [0.15, 0.2) is 0 Å². The van der Waals surface area contributed by atoms with Crippen LogP contribution in [0, 0.1) is 13.8 Å². The second-order valence-electron chi connectivity index (χ2n) is 9.86. The maximum Gasteiger partial charge on any atom is 0.264 e. The van der Waals surface area contributed by atoms with Crippen molar-refractivity contribution in [2.24, 2.45) is 0 Å². The monoisotopic (exact) mass is 583 g/mol. The number of unbranched alkanes of at least 4 members (excludes halogenated alkanes) is 1. The number of carbonyl (C=O) groups is 2. The van der Waals surface area contributed by atoms with Gasteiger partial charge in [0, 0.05) is 13.1 Å². The van der Waals surface area contributed by atoms with Gasteiger partial charge in [0.25, 0.3) is 10.0 Å². The van der Waals surface area contributed by atoms with Crippen molar-refractivity contribution in [3.05, 3.63) is 94.5 Å². The number of nitrogens with zero attached hydrogens (tertiary/aromatic N) is 2. The highest BCUT2D eigenvalue weighted by atomic mass is 35.5. The van der Waals surface area contributed by atoms with Crippen molar-refractivity contribution < 1.29 is 18.0 Å². The van der Waals surface area contributed by atoms with Crippen molar-refractivity contribution in [3.8, 4) is 0 Å². The number of anilines is 1. The molecule has 0 fully saturated rings. The smallest absolute Gasteiger partial charge is 0.264 e. The number of hydrogen-bond acceptors (Lipinski definition) is 4. The van der Waals surface area contributed by atoms with Crippen molar-refractivity contribution in [3.63, 3.8) is 0 Å². The molecule has 0 unspecified atom stereocenters. The van der Waals surface area contributed by atoms with Crippen LogP contribution in [-0.2, 0) is 26.2 Å². The predicted molar refractivity (Wildman–Crippen MR) is 161 cm³/mol. The summed E-state index contributed by atoms with van der Waals surface area (Å²) < 4.78 is 28.9. The Labute approximate surface area is 243 Å². The molecule has 2 amide bonds. The van der Waals surface area contributed by atoms with E-state index < -0.39 is 28.5 Å². The second kappa shape index (κ2) is 14.3. The van der Waals surface area contributed by atoms with Crippen molar-refractivity contribution in [1.82, 2.24) is 10.2 Å². The molecule has 0 saturated carbocycles. The molecule has 0 heterocycles. The molecule has 0 spiro atoms.